The van der Waals surface area contributed by atoms with Gasteiger partial charge in [0.15, 0.2) is 0 Å². The molecule has 8 heteroatoms. The molecule has 2 heterocycles. The van der Waals surface area contributed by atoms with Gasteiger partial charge in [0.05, 0.1) is 16.9 Å². The number of furan rings is 1. The van der Waals surface area contributed by atoms with E-state index in [-0.39, 0.29) is 18.1 Å². The van der Waals surface area contributed by atoms with Crippen LogP contribution < -0.4 is 0 Å². The molecule has 0 saturated heterocycles. The van der Waals surface area contributed by atoms with E-state index in [1.54, 1.807) is 6.92 Å². The average molecular weight is 251 g/mol. The van der Waals surface area contributed by atoms with Gasteiger partial charge in [-0.1, -0.05) is 0 Å². The minimum atomic E-state index is -1.16. The topological polar surface area (TPSA) is 111 Å². The number of carboxylic acid groups (broad SMARTS) is 1. The molecule has 0 bridgehead atoms. The van der Waals surface area contributed by atoms with Crippen molar-refractivity contribution >= 4 is 11.8 Å². The Bertz CT molecular complexity index is 613. The summed E-state index contributed by atoms with van der Waals surface area (Å²) in [6, 6.07) is 2.81. The van der Waals surface area contributed by atoms with Gasteiger partial charge in [0, 0.05) is 0 Å². The van der Waals surface area contributed by atoms with Gasteiger partial charge in [0.1, 0.15) is 12.3 Å². The highest BCUT2D eigenvalue weighted by molar-refractivity contribution is 5.84. The molecule has 2 rings (SSSR count). The number of hydrogen-bond donors (Lipinski definition) is 1. The molecular weight excluding hydrogens is 242 g/mol. The van der Waals surface area contributed by atoms with Crippen LogP contribution in [0.1, 0.15) is 21.9 Å². The maximum Gasteiger partial charge on any atom is 0.392 e. The average Bonchev–Trinajstić information content (AvgIpc) is 2.86. The van der Waals surface area contributed by atoms with Crippen LogP contribution in [-0.4, -0.2) is 25.8 Å². The summed E-state index contributed by atoms with van der Waals surface area (Å²) >= 11 is 0. The van der Waals surface area contributed by atoms with Crippen molar-refractivity contribution in [3.05, 3.63) is 45.5 Å². The number of aromatic nitrogens is 2. The fourth-order valence-electron chi connectivity index (χ4n) is 1.51. The van der Waals surface area contributed by atoms with Crippen LogP contribution in [0.15, 0.2) is 22.7 Å². The summed E-state index contributed by atoms with van der Waals surface area (Å²) in [7, 11) is 0. The Morgan fingerprint density at radius 2 is 2.33 bits per heavy atom. The summed E-state index contributed by atoms with van der Waals surface area (Å²) in [5.74, 6) is -1.20. The molecule has 2 aromatic heterocycles. The lowest BCUT2D eigenvalue weighted by molar-refractivity contribution is -0.390. The van der Waals surface area contributed by atoms with Gasteiger partial charge in [-0.2, -0.15) is 4.68 Å². The Labute approximate surface area is 101 Å². The molecule has 94 valence electrons. The second-order valence-corrected chi connectivity index (χ2v) is 3.66. The zero-order valence-corrected chi connectivity index (χ0v) is 9.36. The van der Waals surface area contributed by atoms with E-state index in [1.165, 1.54) is 23.0 Å². The summed E-state index contributed by atoms with van der Waals surface area (Å²) < 4.78 is 6.36. The van der Waals surface area contributed by atoms with Crippen LogP contribution in [0.4, 0.5) is 5.82 Å². The molecule has 2 aromatic rings. The van der Waals surface area contributed by atoms with Crippen LogP contribution in [0.5, 0.6) is 0 Å². The number of hydrogen-bond acceptors (Lipinski definition) is 5. The lowest BCUT2D eigenvalue weighted by Gasteiger charge is -1.92. The van der Waals surface area contributed by atoms with Crippen molar-refractivity contribution < 1.29 is 19.2 Å². The molecular formula is C10H9N3O5. The number of carboxylic acids is 1. The van der Waals surface area contributed by atoms with Crippen LogP contribution in [-0.2, 0) is 6.54 Å². The molecule has 0 atom stereocenters. The Kier molecular flexibility index (Phi) is 2.84. The number of aryl methyl sites for hydroxylation is 1. The van der Waals surface area contributed by atoms with Gasteiger partial charge >= 0.3 is 11.8 Å². The Balaban J connectivity index is 2.20. The summed E-state index contributed by atoms with van der Waals surface area (Å²) in [4.78, 5) is 20.6. The van der Waals surface area contributed by atoms with E-state index in [1.807, 2.05) is 0 Å². The lowest BCUT2D eigenvalue weighted by Crippen LogP contribution is -2.00. The van der Waals surface area contributed by atoms with Gasteiger partial charge in [-0.15, -0.1) is 0 Å². The molecule has 0 spiro atoms. The van der Waals surface area contributed by atoms with Crippen LogP contribution in [0.2, 0.25) is 0 Å². The molecule has 0 aliphatic rings. The second kappa shape index (κ2) is 4.32. The number of rotatable bonds is 4. The van der Waals surface area contributed by atoms with Gasteiger partial charge in [0.25, 0.3) is 0 Å². The highest BCUT2D eigenvalue weighted by Crippen LogP contribution is 2.16. The summed E-state index contributed by atoms with van der Waals surface area (Å²) in [6.07, 6.45) is 1.50. The first-order valence-electron chi connectivity index (χ1n) is 4.98. The monoisotopic (exact) mass is 251 g/mol. The minimum Gasteiger partial charge on any atom is -0.475 e. The van der Waals surface area contributed by atoms with Crippen molar-refractivity contribution in [2.24, 2.45) is 0 Å². The fourth-order valence-corrected chi connectivity index (χ4v) is 1.51. The first-order valence-corrected chi connectivity index (χ1v) is 4.98. The van der Waals surface area contributed by atoms with E-state index in [4.69, 9.17) is 9.52 Å². The molecule has 0 saturated carbocycles. The molecule has 0 unspecified atom stereocenters. The van der Waals surface area contributed by atoms with Crippen LogP contribution >= 0.6 is 0 Å². The lowest BCUT2D eigenvalue weighted by atomic mass is 10.4. The molecule has 0 aliphatic heterocycles. The second-order valence-electron chi connectivity index (χ2n) is 3.66. The predicted molar refractivity (Wildman–Crippen MR) is 58.4 cm³/mol. The Morgan fingerprint density at radius 3 is 2.83 bits per heavy atom. The van der Waals surface area contributed by atoms with Gasteiger partial charge in [0.2, 0.25) is 5.76 Å². The summed E-state index contributed by atoms with van der Waals surface area (Å²) in [5.41, 5.74) is 0.435. The molecule has 1 N–H and O–H groups in total. The van der Waals surface area contributed by atoms with Gasteiger partial charge in [-0.05, 0) is 24.0 Å². The van der Waals surface area contributed by atoms with E-state index in [0.717, 1.165) is 0 Å². The van der Waals surface area contributed by atoms with E-state index >= 15 is 0 Å². The highest BCUT2D eigenvalue weighted by Gasteiger charge is 2.18. The van der Waals surface area contributed by atoms with Crippen LogP contribution in [0.25, 0.3) is 0 Å². The first kappa shape index (κ1) is 11.8. The molecule has 8 nitrogen and oxygen atoms in total. The van der Waals surface area contributed by atoms with E-state index < -0.39 is 10.9 Å². The van der Waals surface area contributed by atoms with Crippen molar-refractivity contribution in [1.29, 1.82) is 0 Å². The van der Waals surface area contributed by atoms with Crippen LogP contribution in [0.3, 0.4) is 0 Å². The number of carbonyl (C=O) groups is 1. The quantitative estimate of drug-likeness (QED) is 0.650. The van der Waals surface area contributed by atoms with Crippen molar-refractivity contribution in [3.8, 4) is 0 Å². The van der Waals surface area contributed by atoms with Crippen molar-refractivity contribution in [2.45, 2.75) is 13.5 Å². The van der Waals surface area contributed by atoms with E-state index in [2.05, 4.69) is 5.10 Å². The highest BCUT2D eigenvalue weighted by atomic mass is 16.6. The molecule has 0 amide bonds. The maximum atomic E-state index is 10.6. The number of nitro groups is 1. The SMILES string of the molecule is Cc1cn(Cc2ccc(C(=O)O)o2)nc1[N+](=O)[O-]. The predicted octanol–water partition coefficient (Wildman–Crippen LogP) is 1.44. The maximum absolute atomic E-state index is 10.6. The third-order valence-electron chi connectivity index (χ3n) is 2.28. The zero-order valence-electron chi connectivity index (χ0n) is 9.36. The Morgan fingerprint density at radius 1 is 1.61 bits per heavy atom. The first-order chi connectivity index (χ1) is 8.47. The zero-order chi connectivity index (χ0) is 13.3. The van der Waals surface area contributed by atoms with Crippen LogP contribution in [0, 0.1) is 17.0 Å². The summed E-state index contributed by atoms with van der Waals surface area (Å²) in [5, 5.41) is 23.1. The number of nitrogens with zero attached hydrogens (tertiary/aromatic N) is 3. The van der Waals surface area contributed by atoms with Crippen molar-refractivity contribution in [2.75, 3.05) is 0 Å². The van der Waals surface area contributed by atoms with Gasteiger partial charge < -0.3 is 19.6 Å². The fraction of sp³-hybridized carbons (Fsp3) is 0.200. The third-order valence-corrected chi connectivity index (χ3v) is 2.28. The minimum absolute atomic E-state index is 0.141. The number of aromatic carboxylic acids is 1. The molecule has 0 aromatic carbocycles. The van der Waals surface area contributed by atoms with E-state index in [9.17, 15) is 14.9 Å². The molecule has 0 radical (unpaired) electrons. The largest absolute Gasteiger partial charge is 0.475 e. The smallest absolute Gasteiger partial charge is 0.392 e. The Hall–Kier alpha value is -2.64. The van der Waals surface area contributed by atoms with E-state index in [0.29, 0.717) is 11.3 Å². The standard InChI is InChI=1S/C10H9N3O5/c1-6-4-12(11-9(6)13(16)17)5-7-2-3-8(18-7)10(14)15/h2-4H,5H2,1H3,(H,14,15). The molecule has 18 heavy (non-hydrogen) atoms. The molecule has 0 aliphatic carbocycles. The van der Waals surface area contributed by atoms with Crippen molar-refractivity contribution in [3.63, 3.8) is 0 Å². The van der Waals surface area contributed by atoms with Gasteiger partial charge in [-0.25, -0.2) is 4.79 Å². The summed E-state index contributed by atoms with van der Waals surface area (Å²) in [6.45, 7) is 1.72. The van der Waals surface area contributed by atoms with Gasteiger partial charge in [-0.3, -0.25) is 0 Å². The third kappa shape index (κ3) is 2.21. The van der Waals surface area contributed by atoms with Crippen molar-refractivity contribution in [1.82, 2.24) is 9.78 Å². The molecule has 0 fully saturated rings. The normalized spacial score (nSPS) is 10.5.